The van der Waals surface area contributed by atoms with E-state index in [1.54, 1.807) is 11.8 Å². The highest BCUT2D eigenvalue weighted by atomic mass is 32.2. The molecule has 0 spiro atoms. The van der Waals surface area contributed by atoms with E-state index in [-0.39, 0.29) is 12.1 Å². The maximum atomic E-state index is 11.3. The number of carbonyl (C=O) groups is 1. The molecule has 98 valence electrons. The Morgan fingerprint density at radius 3 is 2.76 bits per heavy atom. The Balaban J connectivity index is 2.08. The SMILES string of the molecule is O=C(O)C1CSCCN1C1CCCCCC1O. The highest BCUT2D eigenvalue weighted by Gasteiger charge is 2.37. The van der Waals surface area contributed by atoms with Crippen molar-refractivity contribution in [3.63, 3.8) is 0 Å². The summed E-state index contributed by atoms with van der Waals surface area (Å²) in [7, 11) is 0. The van der Waals surface area contributed by atoms with Gasteiger partial charge in [0.05, 0.1) is 6.10 Å². The number of carboxylic acid groups (broad SMARTS) is 1. The Kier molecular flexibility index (Phi) is 4.70. The Hall–Kier alpha value is -0.260. The molecule has 1 heterocycles. The topological polar surface area (TPSA) is 60.8 Å². The van der Waals surface area contributed by atoms with Crippen molar-refractivity contribution >= 4 is 17.7 Å². The van der Waals surface area contributed by atoms with Crippen molar-refractivity contribution in [2.24, 2.45) is 0 Å². The van der Waals surface area contributed by atoms with Gasteiger partial charge in [-0.25, -0.2) is 0 Å². The molecule has 2 rings (SSSR count). The molecule has 2 aliphatic rings. The van der Waals surface area contributed by atoms with E-state index in [0.29, 0.717) is 5.75 Å². The zero-order valence-electron chi connectivity index (χ0n) is 10.0. The van der Waals surface area contributed by atoms with Gasteiger partial charge in [0.25, 0.3) is 0 Å². The van der Waals surface area contributed by atoms with Gasteiger partial charge in [0.2, 0.25) is 0 Å². The van der Waals surface area contributed by atoms with Crippen molar-refractivity contribution in [2.45, 2.75) is 50.3 Å². The largest absolute Gasteiger partial charge is 0.480 e. The van der Waals surface area contributed by atoms with Gasteiger partial charge in [-0.15, -0.1) is 0 Å². The van der Waals surface area contributed by atoms with Gasteiger partial charge in [0.1, 0.15) is 6.04 Å². The van der Waals surface area contributed by atoms with Crippen molar-refractivity contribution in [1.82, 2.24) is 4.90 Å². The lowest BCUT2D eigenvalue weighted by Gasteiger charge is -2.40. The van der Waals surface area contributed by atoms with Gasteiger partial charge in [-0.3, -0.25) is 9.69 Å². The second-order valence-electron chi connectivity index (χ2n) is 4.94. The predicted molar refractivity (Wildman–Crippen MR) is 68.3 cm³/mol. The van der Waals surface area contributed by atoms with Gasteiger partial charge < -0.3 is 10.2 Å². The summed E-state index contributed by atoms with van der Waals surface area (Å²) < 4.78 is 0. The molecule has 4 nitrogen and oxygen atoms in total. The van der Waals surface area contributed by atoms with E-state index in [1.165, 1.54) is 0 Å². The van der Waals surface area contributed by atoms with Crippen LogP contribution in [0.15, 0.2) is 0 Å². The molecule has 5 heteroatoms. The van der Waals surface area contributed by atoms with E-state index < -0.39 is 12.0 Å². The number of thioether (sulfide) groups is 1. The minimum atomic E-state index is -0.742. The summed E-state index contributed by atoms with van der Waals surface area (Å²) in [6.45, 7) is 0.795. The van der Waals surface area contributed by atoms with E-state index in [1.807, 2.05) is 4.90 Å². The molecule has 0 aromatic carbocycles. The van der Waals surface area contributed by atoms with E-state index in [9.17, 15) is 15.0 Å². The smallest absolute Gasteiger partial charge is 0.321 e. The van der Waals surface area contributed by atoms with Gasteiger partial charge in [0.15, 0.2) is 0 Å². The molecular formula is C12H21NO3S. The van der Waals surface area contributed by atoms with E-state index in [2.05, 4.69) is 0 Å². The molecule has 1 aliphatic carbocycles. The van der Waals surface area contributed by atoms with E-state index in [4.69, 9.17) is 0 Å². The molecule has 0 radical (unpaired) electrons. The minimum absolute atomic E-state index is 0.0551. The molecule has 0 aromatic heterocycles. The number of carboxylic acids is 1. The van der Waals surface area contributed by atoms with Crippen LogP contribution in [0.3, 0.4) is 0 Å². The molecule has 0 amide bonds. The second-order valence-corrected chi connectivity index (χ2v) is 6.09. The Labute approximate surface area is 106 Å². The fraction of sp³-hybridized carbons (Fsp3) is 0.917. The lowest BCUT2D eigenvalue weighted by Crippen LogP contribution is -2.55. The first-order chi connectivity index (χ1) is 8.20. The van der Waals surface area contributed by atoms with Gasteiger partial charge in [-0.1, -0.05) is 19.3 Å². The van der Waals surface area contributed by atoms with E-state index >= 15 is 0 Å². The Morgan fingerprint density at radius 2 is 2.00 bits per heavy atom. The van der Waals surface area contributed by atoms with Crippen molar-refractivity contribution in [3.8, 4) is 0 Å². The number of hydrogen-bond donors (Lipinski definition) is 2. The van der Waals surface area contributed by atoms with Crippen LogP contribution in [0.5, 0.6) is 0 Å². The van der Waals surface area contributed by atoms with Crippen LogP contribution in [-0.2, 0) is 4.79 Å². The number of nitrogens with zero attached hydrogens (tertiary/aromatic N) is 1. The predicted octanol–water partition coefficient (Wildman–Crippen LogP) is 1.18. The van der Waals surface area contributed by atoms with E-state index in [0.717, 1.165) is 44.4 Å². The number of hydrogen-bond acceptors (Lipinski definition) is 4. The first-order valence-electron chi connectivity index (χ1n) is 6.44. The van der Waals surface area contributed by atoms with Crippen LogP contribution < -0.4 is 0 Å². The average molecular weight is 259 g/mol. The maximum absolute atomic E-state index is 11.3. The quantitative estimate of drug-likeness (QED) is 0.729. The summed E-state index contributed by atoms with van der Waals surface area (Å²) in [5, 5.41) is 19.4. The highest BCUT2D eigenvalue weighted by Crippen LogP contribution is 2.27. The third-order valence-electron chi connectivity index (χ3n) is 3.82. The average Bonchev–Trinajstić information content (AvgIpc) is 2.54. The molecule has 1 saturated carbocycles. The number of aliphatic hydroxyl groups excluding tert-OH is 1. The number of rotatable bonds is 2. The summed E-state index contributed by atoms with van der Waals surface area (Å²) in [5.74, 6) is 0.889. The molecule has 2 fully saturated rings. The number of aliphatic carboxylic acids is 1. The lowest BCUT2D eigenvalue weighted by molar-refractivity contribution is -0.144. The van der Waals surface area contributed by atoms with Crippen LogP contribution in [-0.4, -0.2) is 57.3 Å². The first kappa shape index (κ1) is 13.2. The van der Waals surface area contributed by atoms with Crippen LogP contribution in [0, 0.1) is 0 Å². The molecule has 1 aliphatic heterocycles. The molecular weight excluding hydrogens is 238 g/mol. The molecule has 2 N–H and O–H groups in total. The highest BCUT2D eigenvalue weighted by molar-refractivity contribution is 7.99. The van der Waals surface area contributed by atoms with Crippen LogP contribution >= 0.6 is 11.8 Å². The molecule has 17 heavy (non-hydrogen) atoms. The summed E-state index contributed by atoms with van der Waals surface area (Å²) in [4.78, 5) is 13.3. The summed E-state index contributed by atoms with van der Waals surface area (Å²) in [6, 6.07) is -0.356. The van der Waals surface area contributed by atoms with Crippen molar-refractivity contribution in [2.75, 3.05) is 18.1 Å². The van der Waals surface area contributed by atoms with Crippen molar-refractivity contribution < 1.29 is 15.0 Å². The van der Waals surface area contributed by atoms with Crippen LogP contribution in [0.1, 0.15) is 32.1 Å². The Bertz CT molecular complexity index is 274. The standard InChI is InChI=1S/C12H21NO3S/c14-11-5-3-1-2-4-9(11)13-6-7-17-8-10(13)12(15)16/h9-11,14H,1-8H2,(H,15,16). The second kappa shape index (κ2) is 6.07. The van der Waals surface area contributed by atoms with Gasteiger partial charge in [-0.05, 0) is 12.8 Å². The van der Waals surface area contributed by atoms with Crippen LogP contribution in [0.2, 0.25) is 0 Å². The third-order valence-corrected chi connectivity index (χ3v) is 4.85. The fourth-order valence-electron chi connectivity index (χ4n) is 2.88. The van der Waals surface area contributed by atoms with Crippen molar-refractivity contribution in [3.05, 3.63) is 0 Å². The summed E-state index contributed by atoms with van der Waals surface area (Å²) in [6.07, 6.45) is 4.75. The lowest BCUT2D eigenvalue weighted by atomic mass is 10.0. The van der Waals surface area contributed by atoms with Gasteiger partial charge >= 0.3 is 5.97 Å². The fourth-order valence-corrected chi connectivity index (χ4v) is 3.95. The molecule has 0 bridgehead atoms. The Morgan fingerprint density at radius 1 is 1.24 bits per heavy atom. The third kappa shape index (κ3) is 3.14. The van der Waals surface area contributed by atoms with Crippen LogP contribution in [0.4, 0.5) is 0 Å². The zero-order chi connectivity index (χ0) is 12.3. The zero-order valence-corrected chi connectivity index (χ0v) is 10.9. The normalized spacial score (nSPS) is 36.4. The molecule has 3 atom stereocenters. The number of aliphatic hydroxyl groups is 1. The minimum Gasteiger partial charge on any atom is -0.480 e. The molecule has 3 unspecified atom stereocenters. The first-order valence-corrected chi connectivity index (χ1v) is 7.60. The summed E-state index contributed by atoms with van der Waals surface area (Å²) in [5.41, 5.74) is 0. The monoisotopic (exact) mass is 259 g/mol. The molecule has 0 aromatic rings. The van der Waals surface area contributed by atoms with Gasteiger partial charge in [0, 0.05) is 24.1 Å². The van der Waals surface area contributed by atoms with Gasteiger partial charge in [-0.2, -0.15) is 11.8 Å². The summed E-state index contributed by atoms with van der Waals surface area (Å²) >= 11 is 1.70. The van der Waals surface area contributed by atoms with Crippen molar-refractivity contribution in [1.29, 1.82) is 0 Å². The molecule has 1 saturated heterocycles. The maximum Gasteiger partial charge on any atom is 0.321 e. The van der Waals surface area contributed by atoms with Crippen LogP contribution in [0.25, 0.3) is 0 Å².